The van der Waals surface area contributed by atoms with Gasteiger partial charge in [0.15, 0.2) is 0 Å². The number of nitrogens with zero attached hydrogens (tertiary/aromatic N) is 1. The molecule has 0 spiro atoms. The number of benzene rings is 2. The zero-order chi connectivity index (χ0) is 17.5. The Bertz CT molecular complexity index is 833. The molecule has 3 aromatic rings. The lowest BCUT2D eigenvalue weighted by molar-refractivity contribution is -0.141. The van der Waals surface area contributed by atoms with E-state index in [1.54, 1.807) is 12.4 Å². The van der Waals surface area contributed by atoms with E-state index in [1.165, 1.54) is 12.0 Å². The van der Waals surface area contributed by atoms with Crippen molar-refractivity contribution >= 4 is 28.8 Å². The van der Waals surface area contributed by atoms with E-state index in [2.05, 4.69) is 4.98 Å². The van der Waals surface area contributed by atoms with Crippen LogP contribution in [0, 0.1) is 5.92 Å². The van der Waals surface area contributed by atoms with Crippen LogP contribution in [0.4, 0.5) is 0 Å². The molecule has 1 aromatic heterocycles. The molecule has 0 saturated heterocycles. The molecule has 0 aliphatic rings. The SMILES string of the molecule is O=C(O)C(CCc1ccccc1)CSOc1cccc2cnccc12. The molecule has 0 aliphatic heterocycles. The minimum atomic E-state index is -0.783. The number of carboxylic acid groups (broad SMARTS) is 1. The maximum Gasteiger partial charge on any atom is 0.307 e. The van der Waals surface area contributed by atoms with Crippen molar-refractivity contribution in [2.24, 2.45) is 5.92 Å². The Hall–Kier alpha value is -2.53. The quantitative estimate of drug-likeness (QED) is 0.600. The smallest absolute Gasteiger partial charge is 0.307 e. The highest BCUT2D eigenvalue weighted by molar-refractivity contribution is 7.95. The van der Waals surface area contributed by atoms with E-state index in [-0.39, 0.29) is 0 Å². The van der Waals surface area contributed by atoms with Gasteiger partial charge in [0.1, 0.15) is 5.75 Å². The van der Waals surface area contributed by atoms with Crippen molar-refractivity contribution in [3.8, 4) is 5.75 Å². The summed E-state index contributed by atoms with van der Waals surface area (Å²) in [6, 6.07) is 17.6. The van der Waals surface area contributed by atoms with Gasteiger partial charge in [0, 0.05) is 28.9 Å². The zero-order valence-electron chi connectivity index (χ0n) is 13.7. The summed E-state index contributed by atoms with van der Waals surface area (Å²) >= 11 is 1.19. The molecule has 1 unspecified atom stereocenters. The molecule has 1 N–H and O–H groups in total. The number of carboxylic acids is 1. The number of aromatic nitrogens is 1. The van der Waals surface area contributed by atoms with Crippen LogP contribution in [0.3, 0.4) is 0 Å². The van der Waals surface area contributed by atoms with Crippen molar-refractivity contribution in [2.45, 2.75) is 12.8 Å². The highest BCUT2D eigenvalue weighted by Crippen LogP contribution is 2.28. The number of rotatable bonds is 8. The summed E-state index contributed by atoms with van der Waals surface area (Å²) in [5.74, 6) is -0.0861. The van der Waals surface area contributed by atoms with Gasteiger partial charge < -0.3 is 9.29 Å². The fourth-order valence-corrected chi connectivity index (χ4v) is 3.42. The van der Waals surface area contributed by atoms with Gasteiger partial charge in [-0.3, -0.25) is 9.78 Å². The maximum absolute atomic E-state index is 11.5. The average Bonchev–Trinajstić information content (AvgIpc) is 2.65. The molecule has 0 fully saturated rings. The fourth-order valence-electron chi connectivity index (χ4n) is 2.61. The van der Waals surface area contributed by atoms with Gasteiger partial charge in [-0.25, -0.2) is 0 Å². The normalized spacial score (nSPS) is 12.0. The standard InChI is InChI=1S/C20H19NO3S/c22-20(23)17(10-9-15-5-2-1-3-6-15)14-25-24-19-8-4-7-16-13-21-12-11-18(16)19/h1-8,11-13,17H,9-10,14H2,(H,22,23). The second-order valence-electron chi connectivity index (χ2n) is 5.78. The molecule has 0 bridgehead atoms. The van der Waals surface area contributed by atoms with Crippen molar-refractivity contribution in [2.75, 3.05) is 5.75 Å². The van der Waals surface area contributed by atoms with Crippen molar-refractivity contribution in [1.29, 1.82) is 0 Å². The van der Waals surface area contributed by atoms with E-state index in [0.717, 1.165) is 28.5 Å². The van der Waals surface area contributed by atoms with Gasteiger partial charge in [-0.05, 0) is 30.5 Å². The lowest BCUT2D eigenvalue weighted by atomic mass is 10.0. The Kier molecular flexibility index (Phi) is 5.90. The highest BCUT2D eigenvalue weighted by Gasteiger charge is 2.18. The molecule has 2 aromatic carbocycles. The fraction of sp³-hybridized carbons (Fsp3) is 0.200. The summed E-state index contributed by atoms with van der Waals surface area (Å²) in [5, 5.41) is 11.4. The van der Waals surface area contributed by atoms with Crippen molar-refractivity contribution in [3.63, 3.8) is 0 Å². The van der Waals surface area contributed by atoms with Crippen molar-refractivity contribution in [1.82, 2.24) is 4.98 Å². The Labute approximate surface area is 151 Å². The average molecular weight is 353 g/mol. The van der Waals surface area contributed by atoms with Gasteiger partial charge in [-0.1, -0.05) is 42.5 Å². The molecular weight excluding hydrogens is 334 g/mol. The van der Waals surface area contributed by atoms with Gasteiger partial charge >= 0.3 is 5.97 Å². The Morgan fingerprint density at radius 1 is 1.12 bits per heavy atom. The lowest BCUT2D eigenvalue weighted by Crippen LogP contribution is -2.17. The number of aryl methyl sites for hydroxylation is 1. The molecule has 0 saturated carbocycles. The van der Waals surface area contributed by atoms with Crippen LogP contribution < -0.4 is 4.18 Å². The third kappa shape index (κ3) is 4.73. The first kappa shape index (κ1) is 17.3. The Balaban J connectivity index is 1.57. The number of carbonyl (C=O) groups is 1. The van der Waals surface area contributed by atoms with Crippen LogP contribution in [0.5, 0.6) is 5.75 Å². The lowest BCUT2D eigenvalue weighted by Gasteiger charge is -2.13. The maximum atomic E-state index is 11.5. The van der Waals surface area contributed by atoms with E-state index in [4.69, 9.17) is 4.18 Å². The van der Waals surface area contributed by atoms with Crippen LogP contribution in [0.15, 0.2) is 67.0 Å². The summed E-state index contributed by atoms with van der Waals surface area (Å²) in [7, 11) is 0. The minimum Gasteiger partial charge on any atom is -0.481 e. The third-order valence-electron chi connectivity index (χ3n) is 4.03. The molecule has 3 rings (SSSR count). The molecule has 0 radical (unpaired) electrons. The first-order chi connectivity index (χ1) is 12.2. The molecule has 1 atom stereocenters. The number of hydrogen-bond acceptors (Lipinski definition) is 4. The van der Waals surface area contributed by atoms with E-state index in [0.29, 0.717) is 12.2 Å². The third-order valence-corrected chi connectivity index (χ3v) is 4.87. The summed E-state index contributed by atoms with van der Waals surface area (Å²) in [4.78, 5) is 15.6. The van der Waals surface area contributed by atoms with Crippen molar-refractivity contribution < 1.29 is 14.1 Å². The molecular formula is C20H19NO3S. The minimum absolute atomic E-state index is 0.406. The topological polar surface area (TPSA) is 59.4 Å². The Morgan fingerprint density at radius 3 is 2.76 bits per heavy atom. The van der Waals surface area contributed by atoms with Gasteiger partial charge in [-0.15, -0.1) is 0 Å². The van der Waals surface area contributed by atoms with Crippen LogP contribution in [0.25, 0.3) is 10.8 Å². The van der Waals surface area contributed by atoms with E-state index < -0.39 is 11.9 Å². The number of aliphatic carboxylic acids is 1. The van der Waals surface area contributed by atoms with Crippen LogP contribution >= 0.6 is 12.0 Å². The number of pyridine rings is 1. The van der Waals surface area contributed by atoms with E-state index >= 15 is 0 Å². The first-order valence-corrected chi connectivity index (χ1v) is 9.04. The van der Waals surface area contributed by atoms with Crippen LogP contribution in [0.1, 0.15) is 12.0 Å². The first-order valence-electron chi connectivity index (χ1n) is 8.13. The predicted molar refractivity (Wildman–Crippen MR) is 101 cm³/mol. The molecule has 0 amide bonds. The van der Waals surface area contributed by atoms with Gasteiger partial charge in [0.25, 0.3) is 0 Å². The molecule has 5 heteroatoms. The molecule has 0 aliphatic carbocycles. The molecule has 4 nitrogen and oxygen atoms in total. The van der Waals surface area contributed by atoms with Crippen LogP contribution in [-0.4, -0.2) is 21.8 Å². The number of hydrogen-bond donors (Lipinski definition) is 1. The van der Waals surface area contributed by atoms with Crippen LogP contribution in [-0.2, 0) is 11.2 Å². The summed E-state index contributed by atoms with van der Waals surface area (Å²) < 4.78 is 5.78. The summed E-state index contributed by atoms with van der Waals surface area (Å²) in [6.07, 6.45) is 4.85. The van der Waals surface area contributed by atoms with Gasteiger partial charge in [0.05, 0.1) is 18.0 Å². The monoisotopic (exact) mass is 353 g/mol. The Morgan fingerprint density at radius 2 is 1.96 bits per heavy atom. The zero-order valence-corrected chi connectivity index (χ0v) is 14.5. The van der Waals surface area contributed by atoms with Gasteiger partial charge in [-0.2, -0.15) is 0 Å². The predicted octanol–water partition coefficient (Wildman–Crippen LogP) is 4.60. The van der Waals surface area contributed by atoms with E-state index in [1.807, 2.05) is 54.6 Å². The van der Waals surface area contributed by atoms with Crippen molar-refractivity contribution in [3.05, 3.63) is 72.6 Å². The molecule has 25 heavy (non-hydrogen) atoms. The molecule has 1 heterocycles. The molecule has 128 valence electrons. The van der Waals surface area contributed by atoms with Gasteiger partial charge in [0.2, 0.25) is 0 Å². The highest BCUT2D eigenvalue weighted by atomic mass is 32.2. The number of fused-ring (bicyclic) bond motifs is 1. The second-order valence-corrected chi connectivity index (χ2v) is 6.52. The van der Waals surface area contributed by atoms with Crippen LogP contribution in [0.2, 0.25) is 0 Å². The summed E-state index contributed by atoms with van der Waals surface area (Å²) in [5.41, 5.74) is 1.15. The van der Waals surface area contributed by atoms with E-state index in [9.17, 15) is 9.90 Å². The largest absolute Gasteiger partial charge is 0.481 e. The second kappa shape index (κ2) is 8.53. The summed E-state index contributed by atoms with van der Waals surface area (Å²) in [6.45, 7) is 0.